The van der Waals surface area contributed by atoms with Crippen molar-refractivity contribution in [3.63, 3.8) is 0 Å². The molecule has 0 aromatic rings. The van der Waals surface area contributed by atoms with E-state index in [9.17, 15) is 17.3 Å². The Labute approximate surface area is 82.8 Å². The van der Waals surface area contributed by atoms with E-state index in [4.69, 9.17) is 0 Å². The van der Waals surface area contributed by atoms with Crippen LogP contribution < -0.4 is 0 Å². The molecule has 0 aliphatic carbocycles. The largest absolute Gasteiger partial charge is 0.673 e. The quantitative estimate of drug-likeness (QED) is 0.377. The van der Waals surface area contributed by atoms with E-state index in [1.165, 1.54) is 43.4 Å². The van der Waals surface area contributed by atoms with Crippen LogP contribution in [0.5, 0.6) is 0 Å². The van der Waals surface area contributed by atoms with Gasteiger partial charge in [-0.25, -0.2) is 0 Å². The molecule has 0 saturated carbocycles. The van der Waals surface area contributed by atoms with Crippen LogP contribution in [0.2, 0.25) is 0 Å². The third-order valence-corrected chi connectivity index (χ3v) is 2.41. The predicted octanol–water partition coefficient (Wildman–Crippen LogP) is 2.94. The number of quaternary nitrogens is 1. The Balaban J connectivity index is 0.000000292. The van der Waals surface area contributed by atoms with Crippen molar-refractivity contribution >= 4 is 7.25 Å². The number of hydrogen-bond donors (Lipinski definition) is 0. The Hall–Kier alpha value is -0.255. The first-order chi connectivity index (χ1) is 6.27. The lowest BCUT2D eigenvalue weighted by molar-refractivity contribution is -0.897. The number of nitrogens with zero attached hydrogens (tertiary/aromatic N) is 1. The number of likely N-dealkylation sites (tertiary alicyclic amines) is 1. The highest BCUT2D eigenvalue weighted by Gasteiger charge is 2.24. The molecule has 14 heavy (non-hydrogen) atoms. The molecule has 0 bridgehead atoms. The number of halogens is 4. The van der Waals surface area contributed by atoms with E-state index < -0.39 is 7.25 Å². The molecule has 1 heterocycles. The summed E-state index contributed by atoms with van der Waals surface area (Å²) in [7, 11) is -3.61. The molecule has 1 aliphatic rings. The summed E-state index contributed by atoms with van der Waals surface area (Å²) in [5, 5.41) is 0. The zero-order valence-electron chi connectivity index (χ0n) is 8.78. The first-order valence-corrected chi connectivity index (χ1v) is 4.98. The van der Waals surface area contributed by atoms with Crippen molar-refractivity contribution in [2.45, 2.75) is 26.2 Å². The van der Waals surface area contributed by atoms with Crippen LogP contribution in [0.4, 0.5) is 17.3 Å². The smallest absolute Gasteiger partial charge is 0.418 e. The van der Waals surface area contributed by atoms with Crippen LogP contribution in [0.1, 0.15) is 26.2 Å². The van der Waals surface area contributed by atoms with Crippen LogP contribution >= 0.6 is 0 Å². The molecule has 0 unspecified atom stereocenters. The van der Waals surface area contributed by atoms with Gasteiger partial charge in [0.05, 0.1) is 26.7 Å². The minimum Gasteiger partial charge on any atom is -0.418 e. The maximum Gasteiger partial charge on any atom is 0.673 e. The van der Waals surface area contributed by atoms with Crippen molar-refractivity contribution in [3.05, 3.63) is 0 Å². The summed E-state index contributed by atoms with van der Waals surface area (Å²) < 4.78 is 40.3. The normalized spacial score (nSPS) is 20.1. The van der Waals surface area contributed by atoms with Gasteiger partial charge in [0.15, 0.2) is 0 Å². The monoisotopic (exact) mass is 215 g/mol. The summed E-state index contributed by atoms with van der Waals surface area (Å²) in [5.41, 5.74) is 0. The molecule has 0 N–H and O–H groups in total. The van der Waals surface area contributed by atoms with Gasteiger partial charge in [-0.15, -0.1) is 0 Å². The van der Waals surface area contributed by atoms with Crippen LogP contribution in [0, 0.1) is 0 Å². The van der Waals surface area contributed by atoms with Crippen LogP contribution in [0.3, 0.4) is 0 Å². The fraction of sp³-hybridized carbons (Fsp3) is 1.00. The van der Waals surface area contributed by atoms with E-state index in [0.717, 1.165) is 0 Å². The summed E-state index contributed by atoms with van der Waals surface area (Å²) in [4.78, 5) is 0. The van der Waals surface area contributed by atoms with Gasteiger partial charge in [-0.2, -0.15) is 0 Å². The molecule has 1 aliphatic heterocycles. The Kier molecular flexibility index (Phi) is 5.48. The zero-order chi connectivity index (χ0) is 11.2. The van der Waals surface area contributed by atoms with E-state index >= 15 is 0 Å². The summed E-state index contributed by atoms with van der Waals surface area (Å²) in [6.07, 6.45) is 4.25. The zero-order valence-corrected chi connectivity index (χ0v) is 8.78. The molecule has 0 atom stereocenters. The van der Waals surface area contributed by atoms with Crippen molar-refractivity contribution in [1.29, 1.82) is 0 Å². The molecular weight excluding hydrogens is 197 g/mol. The average molecular weight is 215 g/mol. The molecule has 0 radical (unpaired) electrons. The molecule has 0 spiro atoms. The third-order valence-electron chi connectivity index (χ3n) is 2.41. The van der Waals surface area contributed by atoms with Gasteiger partial charge in [0, 0.05) is 12.8 Å². The van der Waals surface area contributed by atoms with Gasteiger partial charge in [-0.1, -0.05) is 6.92 Å². The molecular formula is C8H18BF4N. The van der Waals surface area contributed by atoms with E-state index in [1.807, 2.05) is 0 Å². The highest BCUT2D eigenvalue weighted by molar-refractivity contribution is 6.50. The first-order valence-electron chi connectivity index (χ1n) is 4.98. The Morgan fingerprint density at radius 2 is 1.43 bits per heavy atom. The van der Waals surface area contributed by atoms with Crippen molar-refractivity contribution in [1.82, 2.24) is 0 Å². The molecule has 86 valence electrons. The lowest BCUT2D eigenvalue weighted by atomic mass is 10.3. The fourth-order valence-electron chi connectivity index (χ4n) is 1.86. The van der Waals surface area contributed by atoms with Gasteiger partial charge in [-0.05, 0) is 6.42 Å². The fourth-order valence-corrected chi connectivity index (χ4v) is 1.86. The molecule has 1 nitrogen and oxygen atoms in total. The van der Waals surface area contributed by atoms with Crippen molar-refractivity contribution < 1.29 is 21.7 Å². The van der Waals surface area contributed by atoms with E-state index in [0.29, 0.717) is 0 Å². The van der Waals surface area contributed by atoms with E-state index in [1.54, 1.807) is 0 Å². The molecule has 1 rings (SSSR count). The summed E-state index contributed by atoms with van der Waals surface area (Å²) >= 11 is 0. The van der Waals surface area contributed by atoms with Gasteiger partial charge in [0.2, 0.25) is 0 Å². The second-order valence-corrected chi connectivity index (χ2v) is 3.99. The molecule has 1 saturated heterocycles. The number of hydrogen-bond acceptors (Lipinski definition) is 0. The van der Waals surface area contributed by atoms with Crippen molar-refractivity contribution in [3.8, 4) is 0 Å². The van der Waals surface area contributed by atoms with Gasteiger partial charge < -0.3 is 21.7 Å². The molecule has 0 aromatic carbocycles. The minimum absolute atomic E-state index is 1.34. The second kappa shape index (κ2) is 5.58. The summed E-state index contributed by atoms with van der Waals surface area (Å²) in [6.45, 7) is 6.52. The van der Waals surface area contributed by atoms with Gasteiger partial charge in [0.1, 0.15) is 0 Å². The summed E-state index contributed by atoms with van der Waals surface area (Å²) in [6, 6.07) is 0. The second-order valence-electron chi connectivity index (χ2n) is 3.99. The molecule has 0 amide bonds. The van der Waals surface area contributed by atoms with Crippen molar-refractivity contribution in [2.24, 2.45) is 0 Å². The van der Waals surface area contributed by atoms with Crippen molar-refractivity contribution in [2.75, 3.05) is 26.7 Å². The number of rotatable bonds is 2. The SMILES string of the molecule is CCC[N+]1(C)CCCC1.F[B-](F)(F)F. The van der Waals surface area contributed by atoms with Gasteiger partial charge >= 0.3 is 7.25 Å². The van der Waals surface area contributed by atoms with E-state index in [2.05, 4.69) is 14.0 Å². The third kappa shape index (κ3) is 8.35. The summed E-state index contributed by atoms with van der Waals surface area (Å²) in [5.74, 6) is 0. The average Bonchev–Trinajstić information content (AvgIpc) is 2.33. The molecule has 6 heteroatoms. The first kappa shape index (κ1) is 13.7. The Bertz CT molecular complexity index is 148. The standard InChI is InChI=1S/C8H18N.BF4/c1-3-6-9(2)7-4-5-8-9;2-1(3,4)5/h3-8H2,1-2H3;/q+1;-1. The highest BCUT2D eigenvalue weighted by atomic mass is 19.5. The van der Waals surface area contributed by atoms with Crippen LogP contribution in [0.25, 0.3) is 0 Å². The van der Waals surface area contributed by atoms with Crippen LogP contribution in [-0.2, 0) is 0 Å². The lowest BCUT2D eigenvalue weighted by Gasteiger charge is -2.28. The van der Waals surface area contributed by atoms with Crippen LogP contribution in [-0.4, -0.2) is 38.4 Å². The maximum atomic E-state index is 9.75. The van der Waals surface area contributed by atoms with Crippen LogP contribution in [0.15, 0.2) is 0 Å². The predicted molar refractivity (Wildman–Crippen MR) is 50.5 cm³/mol. The van der Waals surface area contributed by atoms with Gasteiger partial charge in [0.25, 0.3) is 0 Å². The minimum atomic E-state index is -6.00. The Morgan fingerprint density at radius 3 is 1.71 bits per heavy atom. The van der Waals surface area contributed by atoms with Gasteiger partial charge in [-0.3, -0.25) is 0 Å². The molecule has 0 aromatic heterocycles. The topological polar surface area (TPSA) is 0 Å². The molecule has 1 fully saturated rings. The highest BCUT2D eigenvalue weighted by Crippen LogP contribution is 2.15. The maximum absolute atomic E-state index is 9.75. The van der Waals surface area contributed by atoms with E-state index in [-0.39, 0.29) is 0 Å². The lowest BCUT2D eigenvalue weighted by Crippen LogP contribution is -2.41. The Morgan fingerprint density at radius 1 is 1.07 bits per heavy atom.